The second kappa shape index (κ2) is 4.23. The standard InChI is InChI=1S/C11H7ClN2O4/c1-13-5-8(10(15)11(12)16)7-3-2-6(14(17)18)4-9(7)13/h2-5H,1H3. The van der Waals surface area contributed by atoms with Crippen LogP contribution in [0.2, 0.25) is 0 Å². The molecule has 0 aliphatic carbocycles. The third-order valence-corrected chi connectivity index (χ3v) is 2.78. The van der Waals surface area contributed by atoms with Crippen molar-refractivity contribution in [3.8, 4) is 0 Å². The molecule has 18 heavy (non-hydrogen) atoms. The Morgan fingerprint density at radius 1 is 1.39 bits per heavy atom. The SMILES string of the molecule is Cn1cc(C(=O)C(=O)Cl)c2ccc([N+](=O)[O-])cc21. The van der Waals surface area contributed by atoms with Gasteiger partial charge < -0.3 is 4.57 Å². The fraction of sp³-hybridized carbons (Fsp3) is 0.0909. The van der Waals surface area contributed by atoms with Crippen LogP contribution in [0, 0.1) is 10.1 Å². The van der Waals surface area contributed by atoms with Crippen LogP contribution in [-0.4, -0.2) is 20.5 Å². The summed E-state index contributed by atoms with van der Waals surface area (Å²) in [6, 6.07) is 4.04. The van der Waals surface area contributed by atoms with Crippen molar-refractivity contribution in [2.45, 2.75) is 0 Å². The number of hydrogen-bond acceptors (Lipinski definition) is 4. The second-order valence-electron chi connectivity index (χ2n) is 3.72. The highest BCUT2D eigenvalue weighted by atomic mass is 35.5. The fourth-order valence-electron chi connectivity index (χ4n) is 1.77. The van der Waals surface area contributed by atoms with E-state index in [0.29, 0.717) is 10.9 Å². The smallest absolute Gasteiger partial charge is 0.293 e. The first-order valence-corrected chi connectivity index (χ1v) is 5.27. The summed E-state index contributed by atoms with van der Waals surface area (Å²) >= 11 is 5.15. The van der Waals surface area contributed by atoms with E-state index in [0.717, 1.165) is 0 Å². The highest BCUT2D eigenvalue weighted by Gasteiger charge is 2.20. The molecule has 1 heterocycles. The average molecular weight is 267 g/mol. The zero-order valence-corrected chi connectivity index (χ0v) is 9.97. The predicted molar refractivity (Wildman–Crippen MR) is 64.8 cm³/mol. The molecule has 0 fully saturated rings. The highest BCUT2D eigenvalue weighted by Crippen LogP contribution is 2.25. The van der Waals surface area contributed by atoms with Gasteiger partial charge in [0.1, 0.15) is 0 Å². The first-order chi connectivity index (χ1) is 8.41. The van der Waals surface area contributed by atoms with Crippen molar-refractivity contribution >= 4 is 39.2 Å². The minimum Gasteiger partial charge on any atom is -0.350 e. The molecule has 6 nitrogen and oxygen atoms in total. The highest BCUT2D eigenvalue weighted by molar-refractivity contribution is 6.83. The third kappa shape index (κ3) is 1.86. The lowest BCUT2D eigenvalue weighted by molar-refractivity contribution is -0.384. The van der Waals surface area contributed by atoms with Crippen LogP contribution in [0.4, 0.5) is 5.69 Å². The summed E-state index contributed by atoms with van der Waals surface area (Å²) in [5, 5.41) is 10.0. The van der Waals surface area contributed by atoms with Crippen molar-refractivity contribution in [1.29, 1.82) is 0 Å². The zero-order chi connectivity index (χ0) is 13.4. The molecular formula is C11H7ClN2O4. The first-order valence-electron chi connectivity index (χ1n) is 4.89. The molecule has 0 atom stereocenters. The van der Waals surface area contributed by atoms with Gasteiger partial charge in [0.25, 0.3) is 10.9 Å². The van der Waals surface area contributed by atoms with Crippen molar-refractivity contribution in [2.24, 2.45) is 7.05 Å². The van der Waals surface area contributed by atoms with Gasteiger partial charge in [-0.15, -0.1) is 0 Å². The van der Waals surface area contributed by atoms with E-state index in [1.54, 1.807) is 7.05 Å². The Morgan fingerprint density at radius 3 is 2.61 bits per heavy atom. The molecular weight excluding hydrogens is 260 g/mol. The Bertz CT molecular complexity index is 690. The Hall–Kier alpha value is -2.21. The number of nitro groups is 1. The predicted octanol–water partition coefficient (Wildman–Crippen LogP) is 2.03. The molecule has 2 rings (SSSR count). The van der Waals surface area contributed by atoms with E-state index in [9.17, 15) is 19.7 Å². The van der Waals surface area contributed by atoms with Crippen molar-refractivity contribution in [2.75, 3.05) is 0 Å². The molecule has 2 aromatic rings. The molecule has 0 radical (unpaired) electrons. The van der Waals surface area contributed by atoms with Crippen LogP contribution in [0.1, 0.15) is 10.4 Å². The van der Waals surface area contributed by atoms with Crippen molar-refractivity contribution in [3.63, 3.8) is 0 Å². The maximum atomic E-state index is 11.6. The maximum Gasteiger partial charge on any atom is 0.293 e. The van der Waals surface area contributed by atoms with E-state index in [1.165, 1.54) is 29.0 Å². The summed E-state index contributed by atoms with van der Waals surface area (Å²) in [5.74, 6) is -0.823. The number of ketones is 1. The number of hydrogen-bond donors (Lipinski definition) is 0. The summed E-state index contributed by atoms with van der Waals surface area (Å²) in [6.45, 7) is 0. The molecule has 92 valence electrons. The normalized spacial score (nSPS) is 10.6. The molecule has 0 aliphatic heterocycles. The molecule has 0 spiro atoms. The summed E-state index contributed by atoms with van der Waals surface area (Å²) in [4.78, 5) is 32.6. The quantitative estimate of drug-likeness (QED) is 0.280. The van der Waals surface area contributed by atoms with Crippen LogP contribution < -0.4 is 0 Å². The lowest BCUT2D eigenvalue weighted by Crippen LogP contribution is -2.06. The van der Waals surface area contributed by atoms with Gasteiger partial charge in [-0.3, -0.25) is 19.7 Å². The number of aromatic nitrogens is 1. The van der Waals surface area contributed by atoms with Gasteiger partial charge in [0.15, 0.2) is 0 Å². The number of rotatable bonds is 3. The van der Waals surface area contributed by atoms with Gasteiger partial charge in [0.2, 0.25) is 5.78 Å². The number of aryl methyl sites for hydroxylation is 1. The van der Waals surface area contributed by atoms with E-state index in [4.69, 9.17) is 11.6 Å². The Morgan fingerprint density at radius 2 is 2.06 bits per heavy atom. The first kappa shape index (κ1) is 12.3. The molecule has 0 amide bonds. The number of Topliss-reactive ketones (excluding diaryl/α,β-unsaturated/α-hetero) is 1. The number of benzene rings is 1. The zero-order valence-electron chi connectivity index (χ0n) is 9.21. The van der Waals surface area contributed by atoms with Gasteiger partial charge in [-0.05, 0) is 17.7 Å². The lowest BCUT2D eigenvalue weighted by Gasteiger charge is -1.96. The third-order valence-electron chi connectivity index (χ3n) is 2.61. The molecule has 0 N–H and O–H groups in total. The van der Waals surface area contributed by atoms with Gasteiger partial charge in [-0.25, -0.2) is 0 Å². The van der Waals surface area contributed by atoms with E-state index in [-0.39, 0.29) is 11.3 Å². The van der Waals surface area contributed by atoms with Gasteiger partial charge in [-0.2, -0.15) is 0 Å². The molecule has 1 aromatic carbocycles. The Labute approximate surface area is 106 Å². The molecule has 1 aromatic heterocycles. The minimum atomic E-state index is -1.08. The number of nitro benzene ring substituents is 1. The topological polar surface area (TPSA) is 82.2 Å². The van der Waals surface area contributed by atoms with Crippen LogP contribution in [0.25, 0.3) is 10.9 Å². The van der Waals surface area contributed by atoms with Crippen LogP contribution in [0.5, 0.6) is 0 Å². The number of halogens is 1. The van der Waals surface area contributed by atoms with Gasteiger partial charge >= 0.3 is 0 Å². The lowest BCUT2D eigenvalue weighted by atomic mass is 10.1. The van der Waals surface area contributed by atoms with Crippen molar-refractivity contribution < 1.29 is 14.5 Å². The summed E-state index contributed by atoms with van der Waals surface area (Å²) in [5.41, 5.74) is 0.549. The van der Waals surface area contributed by atoms with Crippen LogP contribution in [0.15, 0.2) is 24.4 Å². The van der Waals surface area contributed by atoms with Crippen molar-refractivity contribution in [3.05, 3.63) is 40.1 Å². The largest absolute Gasteiger partial charge is 0.350 e. The summed E-state index contributed by atoms with van der Waals surface area (Å²) in [6.07, 6.45) is 1.43. The van der Waals surface area contributed by atoms with Gasteiger partial charge in [0.05, 0.1) is 16.0 Å². The molecule has 0 aliphatic rings. The molecule has 0 unspecified atom stereocenters. The molecule has 0 bridgehead atoms. The Balaban J connectivity index is 2.70. The molecule has 0 saturated carbocycles. The van der Waals surface area contributed by atoms with Gasteiger partial charge in [0, 0.05) is 30.8 Å². The number of nitrogens with zero attached hydrogens (tertiary/aromatic N) is 2. The van der Waals surface area contributed by atoms with Crippen molar-refractivity contribution in [1.82, 2.24) is 4.57 Å². The van der Waals surface area contributed by atoms with E-state index in [2.05, 4.69) is 0 Å². The average Bonchev–Trinajstić information content (AvgIpc) is 2.65. The number of carbonyl (C=O) groups excluding carboxylic acids is 2. The number of fused-ring (bicyclic) bond motifs is 1. The second-order valence-corrected chi connectivity index (χ2v) is 4.06. The monoisotopic (exact) mass is 266 g/mol. The molecule has 0 saturated heterocycles. The van der Waals surface area contributed by atoms with E-state index >= 15 is 0 Å². The summed E-state index contributed by atoms with van der Waals surface area (Å²) < 4.78 is 1.54. The van der Waals surface area contributed by atoms with E-state index in [1.807, 2.05) is 0 Å². The van der Waals surface area contributed by atoms with E-state index < -0.39 is 15.9 Å². The summed E-state index contributed by atoms with van der Waals surface area (Å²) in [7, 11) is 1.63. The molecule has 7 heteroatoms. The minimum absolute atomic E-state index is 0.0834. The Kier molecular flexibility index (Phi) is 2.88. The number of non-ortho nitro benzene ring substituents is 1. The van der Waals surface area contributed by atoms with Crippen LogP contribution >= 0.6 is 11.6 Å². The fourth-order valence-corrected chi connectivity index (χ4v) is 1.87. The van der Waals surface area contributed by atoms with Gasteiger partial charge in [-0.1, -0.05) is 0 Å². The van der Waals surface area contributed by atoms with Crippen LogP contribution in [0.3, 0.4) is 0 Å². The maximum absolute atomic E-state index is 11.6. The van der Waals surface area contributed by atoms with Crippen LogP contribution in [-0.2, 0) is 11.8 Å². The number of carbonyl (C=O) groups is 2.